The van der Waals surface area contributed by atoms with Gasteiger partial charge in [-0.05, 0) is 162 Å². The summed E-state index contributed by atoms with van der Waals surface area (Å²) in [6.07, 6.45) is 0. The Kier molecular flexibility index (Phi) is 19.8. The zero-order chi connectivity index (χ0) is 82.3. The monoisotopic (exact) mass is 1990 g/mol. The first-order valence-electron chi connectivity index (χ1n) is 40.1. The van der Waals surface area contributed by atoms with Crippen molar-refractivity contribution in [2.45, 2.75) is 13.8 Å². The third-order valence-electron chi connectivity index (χ3n) is 21.6. The molecule has 0 aliphatic heterocycles. The van der Waals surface area contributed by atoms with Crippen molar-refractivity contribution in [3.8, 4) is 22.3 Å². The molecule has 600 valence electrons. The molecule has 0 aliphatic carbocycles. The van der Waals surface area contributed by atoms with E-state index < -0.39 is 0 Å². The van der Waals surface area contributed by atoms with Crippen molar-refractivity contribution >= 4 is 222 Å². The number of pyridine rings is 6. The Morgan fingerprint density at radius 2 is 0.381 bits per heavy atom. The molecule has 0 fully saturated rings. The van der Waals surface area contributed by atoms with Crippen molar-refractivity contribution in [3.63, 3.8) is 0 Å². The number of hydrogen-bond acceptors (Lipinski definition) is 18. The molecule has 10 aromatic carbocycles. The summed E-state index contributed by atoms with van der Waals surface area (Å²) < 4.78 is 0. The summed E-state index contributed by atoms with van der Waals surface area (Å²) in [7, 11) is 0. The van der Waals surface area contributed by atoms with Crippen molar-refractivity contribution in [1.29, 1.82) is 0 Å². The van der Waals surface area contributed by atoms with E-state index in [0.717, 1.165) is 120 Å². The molecule has 15 heterocycles. The zero-order valence-corrected chi connectivity index (χ0v) is 71.0. The number of nitrogens with zero attached hydrogens (tertiary/aromatic N) is 22. The van der Waals surface area contributed by atoms with Crippen LogP contribution in [0.2, 0.25) is 0 Å². The second-order valence-electron chi connectivity index (χ2n) is 29.9. The van der Waals surface area contributed by atoms with E-state index in [1.807, 2.05) is 293 Å². The van der Waals surface area contributed by atoms with Crippen molar-refractivity contribution in [1.82, 2.24) is 120 Å². The van der Waals surface area contributed by atoms with E-state index in [4.69, 9.17) is 110 Å². The average Bonchev–Trinajstić information content (AvgIpc) is 1.64. The van der Waals surface area contributed by atoms with Gasteiger partial charge in [-0.2, -0.15) is 0 Å². The second-order valence-corrected chi connectivity index (χ2v) is 29.9. The maximum atomic E-state index is 5.06. The maximum absolute atomic E-state index is 5.06. The minimum Gasteiger partial charge on any atom is -0.357 e. The Morgan fingerprint density at radius 1 is 0.175 bits per heavy atom. The summed E-state index contributed by atoms with van der Waals surface area (Å²) in [6, 6.07) is 104. The summed E-state index contributed by atoms with van der Waals surface area (Å²) in [6.45, 7) is 3.99. The van der Waals surface area contributed by atoms with Gasteiger partial charge in [-0.1, -0.05) is 255 Å². The largest absolute Gasteiger partial charge is 2.00 e. The summed E-state index contributed by atoms with van der Waals surface area (Å²) in [4.78, 5) is 114. The molecule has 25 rings (SSSR count). The predicted molar refractivity (Wildman–Crippen MR) is 491 cm³/mol. The Morgan fingerprint density at radius 3 is 0.643 bits per heavy atom. The van der Waals surface area contributed by atoms with E-state index >= 15 is 0 Å². The smallest absolute Gasteiger partial charge is 0.357 e. The summed E-state index contributed by atoms with van der Waals surface area (Å²) in [5, 5.41) is 14.7. The Labute approximate surface area is 740 Å². The fourth-order valence-electron chi connectivity index (χ4n) is 15.9. The first-order chi connectivity index (χ1) is 61.1. The summed E-state index contributed by atoms with van der Waals surface area (Å²) in [5.41, 5.74) is 19.1. The molecule has 25 aromatic rings. The second kappa shape index (κ2) is 32.3. The molecule has 24 nitrogen and oxygen atoms in total. The molecule has 0 spiro atoms. The third-order valence-corrected chi connectivity index (χ3v) is 21.6. The van der Waals surface area contributed by atoms with E-state index in [-0.39, 0.29) is 42.1 Å². The van der Waals surface area contributed by atoms with Crippen LogP contribution >= 0.6 is 0 Å². The van der Waals surface area contributed by atoms with Crippen LogP contribution in [0.5, 0.6) is 0 Å². The minimum atomic E-state index is 0. The molecule has 126 heavy (non-hydrogen) atoms. The molecule has 2 N–H and O–H groups in total. The van der Waals surface area contributed by atoms with Gasteiger partial charge in [-0.25, -0.2) is 49.8 Å². The van der Waals surface area contributed by atoms with Crippen molar-refractivity contribution < 1.29 is 42.1 Å². The van der Waals surface area contributed by atoms with Gasteiger partial charge in [-0.15, -0.1) is 0 Å². The molecule has 26 heteroatoms. The third kappa shape index (κ3) is 14.9. The number of hydrogen-bond donors (Lipinski definition) is 2. The molecule has 0 atom stereocenters. The standard InChI is InChI=1S/C38H22N8.C34H20N8.C28H18N8.2Pt/c1-3-11-23(12-4-1)25-19-31-39-32(20-25)42-36-28-16-8-10-18-30(28)38(46-36)44-34-22-26(24-13-5-2-6-14-24)21-33(40-34)43-37-29-17-9-7-15-27(29)35(41-31)45-37;1-3-11-21-19(9-1)17-27-35-29(21)39-33-25-15-7-6-14-24(25)32(42-33)38-28-18-20-10-2-4-12-22(20)30(36-28)40-34-26-16-8-5-13-23(26)31(37-27)41-34;1-15-11-21-29-22(12-15)32-26-18-8-4-6-10-20(18)28(36-26)34-24-14-16(2)13-23(30-24)33-27-19-9-5-3-7-17(19)25(31-21)35-27;;/h1-22H;1-18H,(H2,35,36,37,38,39,40,41,42);3-14H,1-2H3;;/q-2;;-2;2*+2. The van der Waals surface area contributed by atoms with E-state index in [2.05, 4.69) is 46.4 Å². The first-order valence-corrected chi connectivity index (χ1v) is 40.1. The molecule has 0 saturated heterocycles. The number of nitrogens with one attached hydrogen (secondary N) is 2. The molecule has 0 amide bonds. The van der Waals surface area contributed by atoms with Crippen LogP contribution in [-0.2, 0) is 42.1 Å². The van der Waals surface area contributed by atoms with Gasteiger partial charge < -0.3 is 69.8 Å². The predicted octanol–water partition coefficient (Wildman–Crippen LogP) is 20.7. The number of benzene rings is 10. The molecule has 24 bridgehead atoms. The molecule has 0 saturated carbocycles. The molecule has 0 unspecified atom stereocenters. The number of rotatable bonds is 2. The van der Waals surface area contributed by atoms with Crippen LogP contribution in [0.25, 0.3) is 244 Å². The van der Waals surface area contributed by atoms with Crippen molar-refractivity contribution in [2.75, 3.05) is 0 Å². The van der Waals surface area contributed by atoms with E-state index in [1.54, 1.807) is 0 Å². The number of aryl methyl sites for hydroxylation is 2. The minimum absolute atomic E-state index is 0. The van der Waals surface area contributed by atoms with Gasteiger partial charge in [0.15, 0.2) is 22.6 Å². The fourth-order valence-corrected chi connectivity index (χ4v) is 15.9. The number of aromatic nitrogens is 24. The Bertz CT molecular complexity index is 8310. The van der Waals surface area contributed by atoms with Crippen LogP contribution in [0.3, 0.4) is 0 Å². The molecular formula is C100H60N24Pt2. The van der Waals surface area contributed by atoms with Crippen LogP contribution < -0.4 is 19.9 Å². The van der Waals surface area contributed by atoms with Gasteiger partial charge in [0.25, 0.3) is 0 Å². The number of H-pyrrole nitrogens is 2. The fraction of sp³-hybridized carbons (Fsp3) is 0.0200. The van der Waals surface area contributed by atoms with Gasteiger partial charge in [-0.3, -0.25) is 0 Å². The van der Waals surface area contributed by atoms with Crippen LogP contribution in [0.1, 0.15) is 11.1 Å². The number of aromatic amines is 2. The Hall–Kier alpha value is -16.2. The molecule has 0 radical (unpaired) electrons. The molecular weight excluding hydrogens is 1930 g/mol. The van der Waals surface area contributed by atoms with E-state index in [0.29, 0.717) is 136 Å². The first kappa shape index (κ1) is 77.2. The number of fused-ring (bicyclic) bond motifs is 46. The van der Waals surface area contributed by atoms with Gasteiger partial charge in [0.1, 0.15) is 22.6 Å². The summed E-state index contributed by atoms with van der Waals surface area (Å²) >= 11 is 0. The topological polar surface area (TPSA) is 320 Å². The normalized spacial score (nSPS) is 11.4. The van der Waals surface area contributed by atoms with Crippen molar-refractivity contribution in [2.24, 2.45) is 0 Å². The SMILES string of the molecule is Cc1cc2nc(c1)nc1[n-]c(nc3cc(C)cc(n3)nc3[n-]c(n2)c2ccccc32)c2ccccc12.[Pt+2].[Pt+2].c1ccc(-c2cc3nc(c2)nc2[n-]c(nc4cc(-c5ccccc5)cc(n4)nc4[n-]c(n3)c3ccccc43)c3ccccc23)cc1.c1ccc2c(c1)cc1nc2nc2[nH]c(nc3cc4ccccc4c(n3)nc3[nH]c(n1)c1ccccc31)c1ccccc21. The summed E-state index contributed by atoms with van der Waals surface area (Å²) in [5.74, 6) is 0. The van der Waals surface area contributed by atoms with E-state index in [9.17, 15) is 0 Å². The average molecular weight is 1990 g/mol. The zero-order valence-electron chi connectivity index (χ0n) is 66.5. The van der Waals surface area contributed by atoms with Crippen LogP contribution in [-0.4, -0.2) is 99.7 Å². The van der Waals surface area contributed by atoms with Gasteiger partial charge >= 0.3 is 42.1 Å². The van der Waals surface area contributed by atoms with Crippen LogP contribution in [0, 0.1) is 13.8 Å². The van der Waals surface area contributed by atoms with Crippen LogP contribution in [0.4, 0.5) is 0 Å². The molecule has 0 aliphatic rings. The van der Waals surface area contributed by atoms with Gasteiger partial charge in [0.2, 0.25) is 0 Å². The van der Waals surface area contributed by atoms with E-state index in [1.165, 1.54) is 0 Å². The van der Waals surface area contributed by atoms with Crippen LogP contribution in [0.15, 0.2) is 315 Å². The van der Waals surface area contributed by atoms with Crippen molar-refractivity contribution in [3.05, 3.63) is 327 Å². The van der Waals surface area contributed by atoms with Gasteiger partial charge in [0.05, 0.1) is 45.2 Å². The molecule has 15 aromatic heterocycles. The quantitative estimate of drug-likeness (QED) is 0.162. The van der Waals surface area contributed by atoms with Gasteiger partial charge in [0, 0.05) is 77.5 Å². The Balaban J connectivity index is 0.000000115. The maximum Gasteiger partial charge on any atom is 2.00 e.